The van der Waals surface area contributed by atoms with Crippen molar-refractivity contribution in [3.63, 3.8) is 0 Å². The number of carbonyl (C=O) groups is 1. The van der Waals surface area contributed by atoms with E-state index >= 15 is 0 Å². The van der Waals surface area contributed by atoms with Crippen LogP contribution >= 0.6 is 11.8 Å². The molecular formula is C16H16F3NO4S. The van der Waals surface area contributed by atoms with Crippen molar-refractivity contribution in [2.75, 3.05) is 11.6 Å². The topological polar surface area (TPSA) is 71.7 Å². The highest BCUT2D eigenvalue weighted by molar-refractivity contribution is 7.97. The quantitative estimate of drug-likeness (QED) is 0.745. The molecule has 0 aliphatic carbocycles. The molecule has 0 aliphatic heterocycles. The minimum absolute atomic E-state index is 0.194. The Labute approximate surface area is 146 Å². The number of anilines is 1. The van der Waals surface area contributed by atoms with Crippen LogP contribution in [0.2, 0.25) is 0 Å². The number of hydrogen-bond acceptors (Lipinski definition) is 5. The number of furan rings is 1. The number of alkyl halides is 3. The third-order valence-corrected chi connectivity index (χ3v) is 3.92. The summed E-state index contributed by atoms with van der Waals surface area (Å²) in [5.74, 6) is -0.159. The molecule has 2 aromatic rings. The van der Waals surface area contributed by atoms with Crippen molar-refractivity contribution >= 4 is 23.4 Å². The third-order valence-electron chi connectivity index (χ3n) is 3.35. The van der Waals surface area contributed by atoms with Crippen LogP contribution in [-0.4, -0.2) is 23.7 Å². The van der Waals surface area contributed by atoms with Gasteiger partial charge in [-0.3, -0.25) is 0 Å². The molecule has 25 heavy (non-hydrogen) atoms. The van der Waals surface area contributed by atoms with E-state index in [1.807, 2.05) is 6.26 Å². The molecule has 0 fully saturated rings. The van der Waals surface area contributed by atoms with Gasteiger partial charge in [0.25, 0.3) is 0 Å². The van der Waals surface area contributed by atoms with Crippen molar-refractivity contribution in [3.05, 3.63) is 47.9 Å². The summed E-state index contributed by atoms with van der Waals surface area (Å²) in [7, 11) is 0. The van der Waals surface area contributed by atoms with Crippen LogP contribution in [0.15, 0.2) is 40.8 Å². The number of hydrogen-bond donors (Lipinski definition) is 2. The molecule has 1 aromatic carbocycles. The number of nitrogens with one attached hydrogen (secondary N) is 1. The summed E-state index contributed by atoms with van der Waals surface area (Å²) >= 11 is 1.53. The van der Waals surface area contributed by atoms with E-state index in [0.29, 0.717) is 17.2 Å². The van der Waals surface area contributed by atoms with Gasteiger partial charge in [-0.15, -0.1) is 13.2 Å². The largest absolute Gasteiger partial charge is 0.573 e. The smallest absolute Gasteiger partial charge is 0.479 e. The van der Waals surface area contributed by atoms with E-state index in [0.717, 1.165) is 12.1 Å². The van der Waals surface area contributed by atoms with Crippen molar-refractivity contribution in [2.24, 2.45) is 0 Å². The molecule has 0 radical (unpaired) electrons. The summed E-state index contributed by atoms with van der Waals surface area (Å²) < 4.78 is 45.9. The molecule has 0 spiro atoms. The van der Waals surface area contributed by atoms with Gasteiger partial charge in [-0.1, -0.05) is 0 Å². The fraction of sp³-hybridized carbons (Fsp3) is 0.312. The Balaban J connectivity index is 2.22. The van der Waals surface area contributed by atoms with Crippen LogP contribution in [-0.2, 0) is 16.1 Å². The zero-order valence-corrected chi connectivity index (χ0v) is 14.2. The molecule has 2 N–H and O–H groups in total. The van der Waals surface area contributed by atoms with E-state index in [4.69, 9.17) is 4.42 Å². The summed E-state index contributed by atoms with van der Waals surface area (Å²) in [5, 5.41) is 12.4. The Morgan fingerprint density at radius 3 is 2.40 bits per heavy atom. The monoisotopic (exact) mass is 375 g/mol. The number of rotatable bonds is 7. The van der Waals surface area contributed by atoms with Crippen molar-refractivity contribution in [3.8, 4) is 5.75 Å². The Morgan fingerprint density at radius 1 is 1.24 bits per heavy atom. The Bertz CT molecular complexity index is 730. The molecule has 0 aliphatic rings. The van der Waals surface area contributed by atoms with Crippen LogP contribution in [0.5, 0.6) is 5.75 Å². The van der Waals surface area contributed by atoms with E-state index < -0.39 is 23.6 Å². The van der Waals surface area contributed by atoms with E-state index in [9.17, 15) is 23.1 Å². The summed E-state index contributed by atoms with van der Waals surface area (Å²) in [6.45, 7) is 1.41. The van der Waals surface area contributed by atoms with E-state index in [1.165, 1.54) is 30.8 Å². The summed E-state index contributed by atoms with van der Waals surface area (Å²) in [6, 6.07) is 8.05. The summed E-state index contributed by atoms with van der Waals surface area (Å²) in [6.07, 6.45) is -2.90. The second-order valence-electron chi connectivity index (χ2n) is 5.33. The lowest BCUT2D eigenvalue weighted by atomic mass is 9.98. The molecule has 1 unspecified atom stereocenters. The predicted octanol–water partition coefficient (Wildman–Crippen LogP) is 4.45. The molecule has 9 heteroatoms. The fourth-order valence-electron chi connectivity index (χ4n) is 2.12. The highest BCUT2D eigenvalue weighted by atomic mass is 32.2. The highest BCUT2D eigenvalue weighted by Gasteiger charge is 2.38. The van der Waals surface area contributed by atoms with Gasteiger partial charge in [0, 0.05) is 5.69 Å². The SMILES string of the molecule is CSCc1ccc(C(C)(Nc2ccc(OC(F)(F)F)cc2)C(=O)O)o1. The number of carboxylic acid groups (broad SMARTS) is 1. The van der Waals surface area contributed by atoms with Gasteiger partial charge in [0.15, 0.2) is 5.54 Å². The first kappa shape index (κ1) is 19.0. The standard InChI is InChI=1S/C16H16F3NO4S/c1-15(14(21)22,13-8-7-12(23-13)9-25-2)20-10-3-5-11(6-4-10)24-16(17,18)19/h3-8,20H,9H2,1-2H3,(H,21,22). The number of benzene rings is 1. The fourth-order valence-corrected chi connectivity index (χ4v) is 2.56. The number of thioether (sulfide) groups is 1. The van der Waals surface area contributed by atoms with Crippen molar-refractivity contribution < 1.29 is 32.2 Å². The van der Waals surface area contributed by atoms with E-state index in [-0.39, 0.29) is 5.76 Å². The minimum atomic E-state index is -4.79. The average Bonchev–Trinajstić information content (AvgIpc) is 2.97. The molecule has 0 saturated heterocycles. The van der Waals surface area contributed by atoms with Gasteiger partial charge >= 0.3 is 12.3 Å². The Kier molecular flexibility index (Phi) is 5.56. The maximum absolute atomic E-state index is 12.2. The minimum Gasteiger partial charge on any atom is -0.479 e. The number of halogens is 3. The van der Waals surface area contributed by atoms with Crippen molar-refractivity contribution in [1.29, 1.82) is 0 Å². The molecule has 1 heterocycles. The molecule has 0 saturated carbocycles. The molecule has 1 aromatic heterocycles. The maximum Gasteiger partial charge on any atom is 0.573 e. The Morgan fingerprint density at radius 2 is 1.88 bits per heavy atom. The van der Waals surface area contributed by atoms with Crippen LogP contribution in [0, 0.1) is 0 Å². The van der Waals surface area contributed by atoms with Crippen molar-refractivity contribution in [2.45, 2.75) is 24.6 Å². The van der Waals surface area contributed by atoms with Gasteiger partial charge in [0.05, 0.1) is 5.75 Å². The predicted molar refractivity (Wildman–Crippen MR) is 87.7 cm³/mol. The number of carboxylic acids is 1. The lowest BCUT2D eigenvalue weighted by molar-refractivity contribution is -0.274. The molecule has 1 atom stereocenters. The first-order valence-electron chi connectivity index (χ1n) is 7.09. The second kappa shape index (κ2) is 7.30. The van der Waals surface area contributed by atoms with Gasteiger partial charge in [-0.05, 0) is 49.6 Å². The van der Waals surface area contributed by atoms with E-state index in [2.05, 4.69) is 10.1 Å². The third kappa shape index (κ3) is 4.85. The molecule has 5 nitrogen and oxygen atoms in total. The maximum atomic E-state index is 12.2. The molecular weight excluding hydrogens is 359 g/mol. The summed E-state index contributed by atoms with van der Waals surface area (Å²) in [5.41, 5.74) is -1.27. The van der Waals surface area contributed by atoms with Crippen LogP contribution < -0.4 is 10.1 Å². The highest BCUT2D eigenvalue weighted by Crippen LogP contribution is 2.31. The number of aliphatic carboxylic acids is 1. The van der Waals surface area contributed by atoms with Crippen LogP contribution in [0.3, 0.4) is 0 Å². The van der Waals surface area contributed by atoms with Crippen LogP contribution in [0.25, 0.3) is 0 Å². The van der Waals surface area contributed by atoms with Gasteiger partial charge < -0.3 is 19.6 Å². The lowest BCUT2D eigenvalue weighted by Crippen LogP contribution is -2.40. The second-order valence-corrected chi connectivity index (χ2v) is 6.19. The number of ether oxygens (including phenoxy) is 1. The average molecular weight is 375 g/mol. The zero-order valence-electron chi connectivity index (χ0n) is 13.4. The summed E-state index contributed by atoms with van der Waals surface area (Å²) in [4.78, 5) is 11.7. The first-order valence-corrected chi connectivity index (χ1v) is 8.49. The van der Waals surface area contributed by atoms with Gasteiger partial charge in [-0.2, -0.15) is 11.8 Å². The Hall–Kier alpha value is -2.29. The van der Waals surface area contributed by atoms with Crippen molar-refractivity contribution in [1.82, 2.24) is 0 Å². The zero-order chi connectivity index (χ0) is 18.7. The molecule has 136 valence electrons. The first-order chi connectivity index (χ1) is 11.6. The molecule has 2 rings (SSSR count). The van der Waals surface area contributed by atoms with Gasteiger partial charge in [-0.25, -0.2) is 4.79 Å². The molecule has 0 amide bonds. The van der Waals surface area contributed by atoms with Gasteiger partial charge in [0.1, 0.15) is 17.3 Å². The van der Waals surface area contributed by atoms with E-state index in [1.54, 1.807) is 12.1 Å². The van der Waals surface area contributed by atoms with Crippen LogP contribution in [0.4, 0.5) is 18.9 Å². The van der Waals surface area contributed by atoms with Crippen LogP contribution in [0.1, 0.15) is 18.4 Å². The lowest BCUT2D eigenvalue weighted by Gasteiger charge is -2.25. The normalized spacial score (nSPS) is 14.0. The molecule has 0 bridgehead atoms. The van der Waals surface area contributed by atoms with Gasteiger partial charge in [0.2, 0.25) is 0 Å².